The van der Waals surface area contributed by atoms with Crippen molar-refractivity contribution in [3.05, 3.63) is 60.2 Å². The van der Waals surface area contributed by atoms with Crippen LogP contribution in [0.25, 0.3) is 0 Å². The molecule has 1 saturated heterocycles. The first-order valence-electron chi connectivity index (χ1n) is 9.30. The van der Waals surface area contributed by atoms with Gasteiger partial charge in [-0.1, -0.05) is 30.3 Å². The van der Waals surface area contributed by atoms with Crippen LogP contribution in [-0.2, 0) is 15.1 Å². The second-order valence-corrected chi connectivity index (χ2v) is 7.02. The molecule has 0 aromatic heterocycles. The van der Waals surface area contributed by atoms with Gasteiger partial charge in [0.15, 0.2) is 5.60 Å². The van der Waals surface area contributed by atoms with Crippen LogP contribution < -0.4 is 9.64 Å². The highest BCUT2D eigenvalue weighted by Crippen LogP contribution is 2.30. The molecule has 2 aromatic carbocycles. The SMILES string of the molecule is CC(=O)OCC(C)(Oc1ccc(N2CCCCC2)cc1)c1ccccc1. The maximum absolute atomic E-state index is 11.3. The minimum absolute atomic E-state index is 0.167. The molecule has 1 aliphatic heterocycles. The summed E-state index contributed by atoms with van der Waals surface area (Å²) in [5.41, 5.74) is 1.47. The van der Waals surface area contributed by atoms with E-state index in [4.69, 9.17) is 9.47 Å². The molecule has 1 aliphatic rings. The highest BCUT2D eigenvalue weighted by Gasteiger charge is 2.30. The topological polar surface area (TPSA) is 38.8 Å². The highest BCUT2D eigenvalue weighted by molar-refractivity contribution is 5.66. The monoisotopic (exact) mass is 353 g/mol. The maximum atomic E-state index is 11.3. The molecule has 1 atom stereocenters. The maximum Gasteiger partial charge on any atom is 0.302 e. The summed E-state index contributed by atoms with van der Waals surface area (Å²) >= 11 is 0. The molecule has 0 bridgehead atoms. The Morgan fingerprint density at radius 2 is 1.65 bits per heavy atom. The summed E-state index contributed by atoms with van der Waals surface area (Å²) in [6, 6.07) is 18.1. The number of piperidine rings is 1. The lowest BCUT2D eigenvalue weighted by Gasteiger charge is -2.31. The van der Waals surface area contributed by atoms with Gasteiger partial charge < -0.3 is 14.4 Å². The summed E-state index contributed by atoms with van der Waals surface area (Å²) in [5, 5.41) is 0. The summed E-state index contributed by atoms with van der Waals surface area (Å²) in [5.74, 6) is 0.459. The molecule has 138 valence electrons. The van der Waals surface area contributed by atoms with Crippen molar-refractivity contribution in [3.8, 4) is 5.75 Å². The molecule has 0 saturated carbocycles. The number of ether oxygens (including phenoxy) is 2. The van der Waals surface area contributed by atoms with E-state index in [9.17, 15) is 4.79 Å². The quantitative estimate of drug-likeness (QED) is 0.715. The lowest BCUT2D eigenvalue weighted by molar-refractivity contribution is -0.147. The van der Waals surface area contributed by atoms with Gasteiger partial charge in [-0.2, -0.15) is 0 Å². The Kier molecular flexibility index (Phi) is 5.82. The number of nitrogens with zero attached hydrogens (tertiary/aromatic N) is 1. The van der Waals surface area contributed by atoms with Crippen molar-refractivity contribution in [1.29, 1.82) is 0 Å². The number of hydrogen-bond acceptors (Lipinski definition) is 4. The van der Waals surface area contributed by atoms with E-state index < -0.39 is 5.60 Å². The predicted octanol–water partition coefficient (Wildman–Crippen LogP) is 4.53. The molecule has 0 spiro atoms. The smallest absolute Gasteiger partial charge is 0.302 e. The number of carbonyl (C=O) groups excluding carboxylic acids is 1. The van der Waals surface area contributed by atoms with Gasteiger partial charge in [0.2, 0.25) is 0 Å². The van der Waals surface area contributed by atoms with Gasteiger partial charge in [-0.25, -0.2) is 0 Å². The molecule has 2 aromatic rings. The summed E-state index contributed by atoms with van der Waals surface area (Å²) in [6.45, 7) is 5.77. The van der Waals surface area contributed by atoms with E-state index in [-0.39, 0.29) is 12.6 Å². The molecule has 3 rings (SSSR count). The average Bonchev–Trinajstić information content (AvgIpc) is 2.68. The highest BCUT2D eigenvalue weighted by atomic mass is 16.6. The molecule has 0 N–H and O–H groups in total. The van der Waals surface area contributed by atoms with Crippen molar-refractivity contribution in [2.45, 2.75) is 38.7 Å². The van der Waals surface area contributed by atoms with Crippen LogP contribution in [0.4, 0.5) is 5.69 Å². The van der Waals surface area contributed by atoms with Gasteiger partial charge in [-0.3, -0.25) is 4.79 Å². The fourth-order valence-corrected chi connectivity index (χ4v) is 3.34. The van der Waals surface area contributed by atoms with Gasteiger partial charge in [-0.15, -0.1) is 0 Å². The second-order valence-electron chi connectivity index (χ2n) is 7.02. The Morgan fingerprint density at radius 1 is 1.00 bits per heavy atom. The molecular formula is C22H27NO3. The number of anilines is 1. The average molecular weight is 353 g/mol. The van der Waals surface area contributed by atoms with Crippen molar-refractivity contribution < 1.29 is 14.3 Å². The van der Waals surface area contributed by atoms with Gasteiger partial charge in [0.1, 0.15) is 12.4 Å². The van der Waals surface area contributed by atoms with E-state index in [1.54, 1.807) is 0 Å². The van der Waals surface area contributed by atoms with Crippen LogP contribution in [0.2, 0.25) is 0 Å². The largest absolute Gasteiger partial charge is 0.479 e. The molecule has 26 heavy (non-hydrogen) atoms. The number of carbonyl (C=O) groups is 1. The first-order chi connectivity index (χ1) is 12.6. The fraction of sp³-hybridized carbons (Fsp3) is 0.409. The lowest BCUT2D eigenvalue weighted by Crippen LogP contribution is -2.35. The number of hydrogen-bond donors (Lipinski definition) is 0. The summed E-state index contributed by atoms with van der Waals surface area (Å²) in [6.07, 6.45) is 3.84. The van der Waals surface area contributed by atoms with Crippen LogP contribution in [0, 0.1) is 0 Å². The zero-order valence-corrected chi connectivity index (χ0v) is 15.6. The van der Waals surface area contributed by atoms with Gasteiger partial charge in [0, 0.05) is 25.7 Å². The van der Waals surface area contributed by atoms with Crippen molar-refractivity contribution in [3.63, 3.8) is 0 Å². The van der Waals surface area contributed by atoms with E-state index in [0.29, 0.717) is 0 Å². The third kappa shape index (κ3) is 4.57. The zero-order chi connectivity index (χ0) is 18.4. The number of rotatable bonds is 6. The third-order valence-electron chi connectivity index (χ3n) is 4.84. The molecule has 4 nitrogen and oxygen atoms in total. The Balaban J connectivity index is 1.76. The molecule has 4 heteroatoms. The van der Waals surface area contributed by atoms with Gasteiger partial charge in [0.25, 0.3) is 0 Å². The first kappa shape index (κ1) is 18.3. The van der Waals surface area contributed by atoms with Crippen molar-refractivity contribution in [1.82, 2.24) is 0 Å². The standard InChI is InChI=1S/C22H27NO3/c1-18(24)25-17-22(2,19-9-5-3-6-10-19)26-21-13-11-20(12-14-21)23-15-7-4-8-16-23/h3,5-6,9-14H,4,7-8,15-17H2,1-2H3. The van der Waals surface area contributed by atoms with Crippen LogP contribution in [0.5, 0.6) is 5.75 Å². The molecule has 1 unspecified atom stereocenters. The van der Waals surface area contributed by atoms with Crippen LogP contribution in [0.15, 0.2) is 54.6 Å². The fourth-order valence-electron chi connectivity index (χ4n) is 3.34. The summed E-state index contributed by atoms with van der Waals surface area (Å²) < 4.78 is 11.6. The minimum atomic E-state index is -0.737. The normalized spacial score (nSPS) is 16.6. The van der Waals surface area contributed by atoms with E-state index in [0.717, 1.165) is 24.4 Å². The first-order valence-corrected chi connectivity index (χ1v) is 9.30. The van der Waals surface area contributed by atoms with Crippen LogP contribution in [-0.4, -0.2) is 25.7 Å². The zero-order valence-electron chi connectivity index (χ0n) is 15.6. The van der Waals surface area contributed by atoms with Crippen LogP contribution in [0.3, 0.4) is 0 Å². The van der Waals surface area contributed by atoms with Crippen molar-refractivity contribution >= 4 is 11.7 Å². The van der Waals surface area contributed by atoms with Crippen molar-refractivity contribution in [2.24, 2.45) is 0 Å². The van der Waals surface area contributed by atoms with E-state index in [1.807, 2.05) is 49.4 Å². The van der Waals surface area contributed by atoms with Gasteiger partial charge >= 0.3 is 5.97 Å². The van der Waals surface area contributed by atoms with E-state index in [2.05, 4.69) is 17.0 Å². The van der Waals surface area contributed by atoms with E-state index in [1.165, 1.54) is 31.9 Å². The van der Waals surface area contributed by atoms with Gasteiger partial charge in [-0.05, 0) is 56.0 Å². The number of esters is 1. The summed E-state index contributed by atoms with van der Waals surface area (Å²) in [7, 11) is 0. The summed E-state index contributed by atoms with van der Waals surface area (Å²) in [4.78, 5) is 13.7. The van der Waals surface area contributed by atoms with Crippen LogP contribution in [0.1, 0.15) is 38.7 Å². The van der Waals surface area contributed by atoms with E-state index >= 15 is 0 Å². The minimum Gasteiger partial charge on any atom is -0.479 e. The Bertz CT molecular complexity index is 708. The Labute approximate surface area is 155 Å². The number of benzene rings is 2. The Hall–Kier alpha value is -2.49. The second kappa shape index (κ2) is 8.26. The molecule has 0 amide bonds. The molecule has 1 heterocycles. The lowest BCUT2D eigenvalue weighted by atomic mass is 9.96. The van der Waals surface area contributed by atoms with Gasteiger partial charge in [0.05, 0.1) is 0 Å². The Morgan fingerprint density at radius 3 is 2.27 bits per heavy atom. The molecule has 1 fully saturated rings. The van der Waals surface area contributed by atoms with Crippen LogP contribution >= 0.6 is 0 Å². The molecular weight excluding hydrogens is 326 g/mol. The predicted molar refractivity (Wildman–Crippen MR) is 104 cm³/mol. The molecule has 0 radical (unpaired) electrons. The third-order valence-corrected chi connectivity index (χ3v) is 4.84. The van der Waals surface area contributed by atoms with Crippen molar-refractivity contribution in [2.75, 3.05) is 24.6 Å². The molecule has 0 aliphatic carbocycles.